The van der Waals surface area contributed by atoms with Gasteiger partial charge in [-0.3, -0.25) is 0 Å². The lowest BCUT2D eigenvalue weighted by molar-refractivity contribution is -0.138. The van der Waals surface area contributed by atoms with Crippen LogP contribution in [0.25, 0.3) is 0 Å². The minimum atomic E-state index is -4.40. The van der Waals surface area contributed by atoms with Gasteiger partial charge >= 0.3 is 6.18 Å². The van der Waals surface area contributed by atoms with Crippen LogP contribution in [0.3, 0.4) is 0 Å². The van der Waals surface area contributed by atoms with Gasteiger partial charge in [-0.2, -0.15) is 13.2 Å². The number of nitrogens with two attached hydrogens (primary N) is 1. The third kappa shape index (κ3) is 3.11. The van der Waals surface area contributed by atoms with Gasteiger partial charge in [-0.1, -0.05) is 11.3 Å². The number of halogens is 3. The summed E-state index contributed by atoms with van der Waals surface area (Å²) >= 11 is 0.615. The SMILES string of the molecule is NCCC1CCN(c2nnc(C(F)(F)F)s2)CC1. The van der Waals surface area contributed by atoms with Gasteiger partial charge in [0, 0.05) is 13.1 Å². The molecule has 1 aliphatic rings. The van der Waals surface area contributed by atoms with Crippen molar-refractivity contribution >= 4 is 16.5 Å². The van der Waals surface area contributed by atoms with Crippen LogP contribution in [0.4, 0.5) is 18.3 Å². The van der Waals surface area contributed by atoms with E-state index in [2.05, 4.69) is 10.2 Å². The standard InChI is InChI=1S/C10H15F3N4S/c11-10(12,13)8-15-16-9(18-8)17-5-2-7(1-4-14)3-6-17/h7H,1-6,14H2. The van der Waals surface area contributed by atoms with Crippen LogP contribution in [0.5, 0.6) is 0 Å². The molecule has 2 heterocycles. The number of piperidine rings is 1. The molecule has 0 saturated carbocycles. The second kappa shape index (κ2) is 5.40. The molecule has 1 aliphatic heterocycles. The Morgan fingerprint density at radius 3 is 2.44 bits per heavy atom. The highest BCUT2D eigenvalue weighted by molar-refractivity contribution is 7.15. The molecule has 0 aromatic carbocycles. The molecular weight excluding hydrogens is 265 g/mol. The lowest BCUT2D eigenvalue weighted by Gasteiger charge is -2.31. The van der Waals surface area contributed by atoms with Crippen LogP contribution in [0.1, 0.15) is 24.3 Å². The van der Waals surface area contributed by atoms with Gasteiger partial charge in [-0.25, -0.2) is 0 Å². The number of hydrogen-bond donors (Lipinski definition) is 1. The molecule has 0 bridgehead atoms. The molecule has 1 aromatic rings. The average Bonchev–Trinajstić information content (AvgIpc) is 2.79. The quantitative estimate of drug-likeness (QED) is 0.921. The number of alkyl halides is 3. The monoisotopic (exact) mass is 280 g/mol. The van der Waals surface area contributed by atoms with Crippen molar-refractivity contribution in [1.82, 2.24) is 10.2 Å². The Morgan fingerprint density at radius 1 is 1.28 bits per heavy atom. The Morgan fingerprint density at radius 2 is 1.94 bits per heavy atom. The number of nitrogens with zero attached hydrogens (tertiary/aromatic N) is 3. The molecule has 0 radical (unpaired) electrons. The molecule has 2 N–H and O–H groups in total. The molecule has 102 valence electrons. The fourth-order valence-corrected chi connectivity index (χ4v) is 2.87. The number of anilines is 1. The topological polar surface area (TPSA) is 55.0 Å². The summed E-state index contributed by atoms with van der Waals surface area (Å²) < 4.78 is 37.2. The van der Waals surface area contributed by atoms with Crippen molar-refractivity contribution < 1.29 is 13.2 Å². The van der Waals surface area contributed by atoms with E-state index in [9.17, 15) is 13.2 Å². The number of hydrogen-bond acceptors (Lipinski definition) is 5. The first kappa shape index (κ1) is 13.5. The van der Waals surface area contributed by atoms with E-state index >= 15 is 0 Å². The van der Waals surface area contributed by atoms with E-state index in [0.717, 1.165) is 32.4 Å². The smallest absolute Gasteiger partial charge is 0.347 e. The summed E-state index contributed by atoms with van der Waals surface area (Å²) in [6.45, 7) is 2.13. The van der Waals surface area contributed by atoms with Crippen LogP contribution >= 0.6 is 11.3 Å². The largest absolute Gasteiger partial charge is 0.445 e. The normalized spacial score (nSPS) is 18.3. The van der Waals surface area contributed by atoms with Crippen LogP contribution in [0.15, 0.2) is 0 Å². The second-order valence-corrected chi connectivity index (χ2v) is 5.35. The third-order valence-electron chi connectivity index (χ3n) is 3.12. The van der Waals surface area contributed by atoms with Crippen LogP contribution in [-0.4, -0.2) is 29.8 Å². The van der Waals surface area contributed by atoms with E-state index in [1.165, 1.54) is 0 Å². The minimum Gasteiger partial charge on any atom is -0.347 e. The molecule has 4 nitrogen and oxygen atoms in total. The molecule has 2 rings (SSSR count). The predicted octanol–water partition coefficient (Wildman–Crippen LogP) is 2.12. The van der Waals surface area contributed by atoms with Crippen molar-refractivity contribution in [2.75, 3.05) is 24.5 Å². The molecular formula is C10H15F3N4S. The van der Waals surface area contributed by atoms with Gasteiger partial charge in [-0.15, -0.1) is 10.2 Å². The highest BCUT2D eigenvalue weighted by atomic mass is 32.1. The zero-order valence-electron chi connectivity index (χ0n) is 9.78. The maximum atomic E-state index is 12.4. The first-order chi connectivity index (χ1) is 8.50. The van der Waals surface area contributed by atoms with Gasteiger partial charge < -0.3 is 10.6 Å². The molecule has 1 fully saturated rings. The number of aromatic nitrogens is 2. The molecule has 0 aliphatic carbocycles. The molecule has 0 spiro atoms. The van der Waals surface area contributed by atoms with Crippen molar-refractivity contribution in [3.05, 3.63) is 5.01 Å². The second-order valence-electron chi connectivity index (χ2n) is 4.40. The van der Waals surface area contributed by atoms with E-state index in [1.54, 1.807) is 0 Å². The third-order valence-corrected chi connectivity index (χ3v) is 4.15. The van der Waals surface area contributed by atoms with Crippen LogP contribution in [0, 0.1) is 5.92 Å². The van der Waals surface area contributed by atoms with Gasteiger partial charge in [0.2, 0.25) is 10.1 Å². The van der Waals surface area contributed by atoms with E-state index in [-0.39, 0.29) is 0 Å². The van der Waals surface area contributed by atoms with Gasteiger partial charge in [0.15, 0.2) is 0 Å². The Labute approximate surface area is 107 Å². The lowest BCUT2D eigenvalue weighted by atomic mass is 9.94. The molecule has 1 aromatic heterocycles. The van der Waals surface area contributed by atoms with Crippen LogP contribution in [-0.2, 0) is 6.18 Å². The highest BCUT2D eigenvalue weighted by Crippen LogP contribution is 2.35. The van der Waals surface area contributed by atoms with E-state index in [1.807, 2.05) is 4.90 Å². The van der Waals surface area contributed by atoms with Crippen molar-refractivity contribution in [3.8, 4) is 0 Å². The van der Waals surface area contributed by atoms with Crippen molar-refractivity contribution in [2.45, 2.75) is 25.4 Å². The number of rotatable bonds is 3. The van der Waals surface area contributed by atoms with Crippen molar-refractivity contribution in [3.63, 3.8) is 0 Å². The zero-order valence-corrected chi connectivity index (χ0v) is 10.6. The predicted molar refractivity (Wildman–Crippen MR) is 63.5 cm³/mol. The van der Waals surface area contributed by atoms with Crippen LogP contribution in [0.2, 0.25) is 0 Å². The maximum Gasteiger partial charge on any atom is 0.445 e. The zero-order chi connectivity index (χ0) is 13.2. The summed E-state index contributed by atoms with van der Waals surface area (Å²) in [4.78, 5) is 1.87. The Bertz CT molecular complexity index is 385. The highest BCUT2D eigenvalue weighted by Gasteiger charge is 2.36. The molecule has 8 heteroatoms. The fraction of sp³-hybridized carbons (Fsp3) is 0.800. The summed E-state index contributed by atoms with van der Waals surface area (Å²) in [5.41, 5.74) is 5.50. The molecule has 0 unspecified atom stereocenters. The Balaban J connectivity index is 1.95. The maximum absolute atomic E-state index is 12.4. The molecule has 0 atom stereocenters. The lowest BCUT2D eigenvalue weighted by Crippen LogP contribution is -2.34. The van der Waals surface area contributed by atoms with Crippen molar-refractivity contribution in [2.24, 2.45) is 11.7 Å². The first-order valence-electron chi connectivity index (χ1n) is 5.86. The molecule has 0 amide bonds. The van der Waals surface area contributed by atoms with Gasteiger partial charge in [0.25, 0.3) is 0 Å². The van der Waals surface area contributed by atoms with E-state index in [0.29, 0.717) is 28.9 Å². The van der Waals surface area contributed by atoms with E-state index < -0.39 is 11.2 Å². The molecule has 1 saturated heterocycles. The summed E-state index contributed by atoms with van der Waals surface area (Å²) in [7, 11) is 0. The first-order valence-corrected chi connectivity index (χ1v) is 6.68. The molecule has 18 heavy (non-hydrogen) atoms. The average molecular weight is 280 g/mol. The van der Waals surface area contributed by atoms with Gasteiger partial charge in [-0.05, 0) is 31.7 Å². The van der Waals surface area contributed by atoms with Crippen LogP contribution < -0.4 is 10.6 Å². The van der Waals surface area contributed by atoms with Gasteiger partial charge in [0.1, 0.15) is 0 Å². The van der Waals surface area contributed by atoms with E-state index in [4.69, 9.17) is 5.73 Å². The Hall–Kier alpha value is -0.890. The summed E-state index contributed by atoms with van der Waals surface area (Å²) in [5.74, 6) is 0.584. The summed E-state index contributed by atoms with van der Waals surface area (Å²) in [6.07, 6.45) is -1.50. The Kier molecular flexibility index (Phi) is 4.06. The summed E-state index contributed by atoms with van der Waals surface area (Å²) in [6, 6.07) is 0. The minimum absolute atomic E-state index is 0.369. The summed E-state index contributed by atoms with van der Waals surface area (Å²) in [5, 5.41) is 6.32. The van der Waals surface area contributed by atoms with Gasteiger partial charge in [0.05, 0.1) is 0 Å². The van der Waals surface area contributed by atoms with Crippen molar-refractivity contribution in [1.29, 1.82) is 0 Å². The fourth-order valence-electron chi connectivity index (χ4n) is 2.11.